The fourth-order valence-electron chi connectivity index (χ4n) is 10.2. The summed E-state index contributed by atoms with van der Waals surface area (Å²) in [5, 5.41) is 19.6. The number of rotatable bonds is 22. The molecule has 16 nitrogen and oxygen atoms in total. The molecule has 408 valence electrons. The van der Waals surface area contributed by atoms with Gasteiger partial charge in [0, 0.05) is 74.4 Å². The third-order valence-corrected chi connectivity index (χ3v) is 15.5. The molecule has 76 heavy (non-hydrogen) atoms. The van der Waals surface area contributed by atoms with Crippen molar-refractivity contribution in [2.75, 3.05) is 57.6 Å². The van der Waals surface area contributed by atoms with E-state index in [0.717, 1.165) is 93.1 Å². The standard InChI is InChI=1S/C59H77N7O9S/c1-10-65(46-21-24-74-25-22-46)50-30-45(29-48(38(50)4)55(69)60-32-49-36(2)28-37(3)62-56(49)70)43-15-13-41(14-16-43)12-11-23-73-26-27-75-34-52(68)64-54(59(7,8)9)58(72)66-33-47(67)31-51(66)57(71)63-39(5)42-17-19-44(20-18-42)53-40(6)61-35-76-53/h13-20,28-30,35,39,46-47,51,54,67H,10-12,21-27,31-34H2,1-9H3,(H,60,69)(H,62,70)(H,63,71)(H,64,68)/t39-,47+,51-,54+/m0/s1. The summed E-state index contributed by atoms with van der Waals surface area (Å²) in [5.74, 6) is -1.53. The normalized spacial score (nSPS) is 16.8. The number of aromatic amines is 1. The Bertz CT molecular complexity index is 2850. The van der Waals surface area contributed by atoms with Crippen molar-refractivity contribution >= 4 is 40.7 Å². The zero-order valence-corrected chi connectivity index (χ0v) is 46.5. The molecule has 4 amide bonds. The second-order valence-corrected chi connectivity index (χ2v) is 22.1. The Morgan fingerprint density at radius 1 is 0.921 bits per heavy atom. The summed E-state index contributed by atoms with van der Waals surface area (Å²) in [6.45, 7) is 20.2. The topological polar surface area (TPSA) is 205 Å². The molecular weight excluding hydrogens is 983 g/mol. The number of likely N-dealkylation sites (tertiary alicyclic amines) is 1. The van der Waals surface area contributed by atoms with Crippen molar-refractivity contribution in [3.63, 3.8) is 0 Å². The summed E-state index contributed by atoms with van der Waals surface area (Å²) in [4.78, 5) is 79.8. The van der Waals surface area contributed by atoms with Crippen LogP contribution < -0.4 is 26.4 Å². The van der Waals surface area contributed by atoms with Crippen LogP contribution in [0.25, 0.3) is 21.6 Å². The maximum absolute atomic E-state index is 14.1. The number of carbonyl (C=O) groups is 4. The SMILES string of the molecule is CCN(c1cc(-c2ccc(CCCOCCOCC(=O)N[C@H](C(=O)N3C[C@H](O)C[C@H]3C(=O)N[C@@H](C)c3ccc(-c4scnc4C)cc3)C(C)(C)C)cc2)cc(C(=O)NCc2c(C)cc(C)[nH]c2=O)c1C)C1CCOCC1. The zero-order chi connectivity index (χ0) is 54.7. The number of amides is 4. The van der Waals surface area contributed by atoms with Crippen molar-refractivity contribution < 1.29 is 38.5 Å². The third-order valence-electron chi connectivity index (χ3n) is 14.5. The molecular formula is C59H77N7O9S. The summed E-state index contributed by atoms with van der Waals surface area (Å²) < 4.78 is 17.2. The van der Waals surface area contributed by atoms with Crippen LogP contribution >= 0.6 is 11.3 Å². The Labute approximate surface area is 451 Å². The van der Waals surface area contributed by atoms with Crippen LogP contribution in [-0.2, 0) is 41.6 Å². The number of benzene rings is 3. The largest absolute Gasteiger partial charge is 0.391 e. The predicted octanol–water partition coefficient (Wildman–Crippen LogP) is 7.67. The van der Waals surface area contributed by atoms with Crippen molar-refractivity contribution in [1.29, 1.82) is 0 Å². The van der Waals surface area contributed by atoms with Crippen LogP contribution in [0.1, 0.15) is 116 Å². The molecule has 4 heterocycles. The number of nitrogens with one attached hydrogen (secondary N) is 4. The Kier molecular flexibility index (Phi) is 19.8. The smallest absolute Gasteiger partial charge is 0.253 e. The van der Waals surface area contributed by atoms with E-state index in [2.05, 4.69) is 68.1 Å². The van der Waals surface area contributed by atoms with E-state index < -0.39 is 35.4 Å². The lowest BCUT2D eigenvalue weighted by Crippen LogP contribution is -2.58. The highest BCUT2D eigenvalue weighted by Crippen LogP contribution is 2.35. The summed E-state index contributed by atoms with van der Waals surface area (Å²) >= 11 is 1.57. The van der Waals surface area contributed by atoms with Gasteiger partial charge in [-0.1, -0.05) is 69.3 Å². The van der Waals surface area contributed by atoms with Gasteiger partial charge in [-0.25, -0.2) is 4.98 Å². The number of β-amino-alcohol motifs (C(OH)–C–C–N with tert-alkyl or cyclic N) is 1. The number of thiazole rings is 1. The van der Waals surface area contributed by atoms with Crippen LogP contribution in [0, 0.1) is 33.1 Å². The van der Waals surface area contributed by atoms with E-state index in [1.807, 2.05) is 97.3 Å². The van der Waals surface area contributed by atoms with Crippen LogP contribution in [0.5, 0.6) is 0 Å². The first-order valence-electron chi connectivity index (χ1n) is 26.6. The number of nitrogens with zero attached hydrogens (tertiary/aromatic N) is 3. The van der Waals surface area contributed by atoms with E-state index >= 15 is 0 Å². The minimum atomic E-state index is -0.977. The highest BCUT2D eigenvalue weighted by atomic mass is 32.1. The van der Waals surface area contributed by atoms with Crippen molar-refractivity contribution in [1.82, 2.24) is 30.8 Å². The first kappa shape index (κ1) is 57.5. The van der Waals surface area contributed by atoms with Crippen LogP contribution in [0.2, 0.25) is 0 Å². The van der Waals surface area contributed by atoms with Gasteiger partial charge >= 0.3 is 0 Å². The molecule has 0 spiro atoms. The van der Waals surface area contributed by atoms with Crippen molar-refractivity contribution in [3.05, 3.63) is 127 Å². The molecule has 2 aromatic heterocycles. The quantitative estimate of drug-likeness (QED) is 0.0426. The molecule has 17 heteroatoms. The van der Waals surface area contributed by atoms with Gasteiger partial charge in [0.25, 0.3) is 11.5 Å². The van der Waals surface area contributed by atoms with Gasteiger partial charge in [-0.05, 0) is 130 Å². The number of aliphatic hydroxyl groups is 1. The van der Waals surface area contributed by atoms with Gasteiger partial charge in [-0.15, -0.1) is 11.3 Å². The first-order valence-corrected chi connectivity index (χ1v) is 27.5. The Morgan fingerprint density at radius 2 is 1.62 bits per heavy atom. The van der Waals surface area contributed by atoms with Gasteiger partial charge in [0.05, 0.1) is 41.4 Å². The molecule has 0 aliphatic carbocycles. The van der Waals surface area contributed by atoms with E-state index in [1.54, 1.807) is 11.3 Å². The van der Waals surface area contributed by atoms with Gasteiger partial charge in [0.1, 0.15) is 18.7 Å². The number of aromatic nitrogens is 2. The second-order valence-electron chi connectivity index (χ2n) is 21.3. The van der Waals surface area contributed by atoms with Crippen molar-refractivity contribution in [2.45, 2.75) is 131 Å². The highest BCUT2D eigenvalue weighted by molar-refractivity contribution is 7.13. The number of pyridine rings is 1. The monoisotopic (exact) mass is 1060 g/mol. The molecule has 5 N–H and O–H groups in total. The van der Waals surface area contributed by atoms with Gasteiger partial charge in [0.15, 0.2) is 0 Å². The van der Waals surface area contributed by atoms with Crippen LogP contribution in [0.15, 0.2) is 77.0 Å². The van der Waals surface area contributed by atoms with Gasteiger partial charge in [-0.3, -0.25) is 24.0 Å². The summed E-state index contributed by atoms with van der Waals surface area (Å²) in [6, 6.07) is 20.4. The molecule has 3 aromatic carbocycles. The number of hydrogen-bond donors (Lipinski definition) is 5. The minimum Gasteiger partial charge on any atom is -0.391 e. The maximum atomic E-state index is 14.1. The molecule has 0 radical (unpaired) electrons. The molecule has 4 atom stereocenters. The van der Waals surface area contributed by atoms with Gasteiger partial charge < -0.3 is 50.1 Å². The highest BCUT2D eigenvalue weighted by Gasteiger charge is 2.45. The fourth-order valence-corrected chi connectivity index (χ4v) is 11.0. The summed E-state index contributed by atoms with van der Waals surface area (Å²) in [5.41, 5.74) is 11.5. The average Bonchev–Trinajstić information content (AvgIpc) is 4.02. The zero-order valence-electron chi connectivity index (χ0n) is 45.7. The molecule has 5 aromatic rings. The lowest BCUT2D eigenvalue weighted by Gasteiger charge is -2.37. The fraction of sp³-hybridized carbons (Fsp3) is 0.492. The Morgan fingerprint density at radius 3 is 2.28 bits per heavy atom. The van der Waals surface area contributed by atoms with Crippen molar-refractivity contribution in [3.8, 4) is 21.6 Å². The van der Waals surface area contributed by atoms with Gasteiger partial charge in [-0.2, -0.15) is 0 Å². The van der Waals surface area contributed by atoms with E-state index in [0.29, 0.717) is 30.9 Å². The maximum Gasteiger partial charge on any atom is 0.253 e. The molecule has 0 bridgehead atoms. The molecule has 2 aliphatic rings. The summed E-state index contributed by atoms with van der Waals surface area (Å²) in [6.07, 6.45) is 2.55. The third kappa shape index (κ3) is 14.6. The molecule has 2 aliphatic heterocycles. The average molecular weight is 1060 g/mol. The number of aryl methyl sites for hydroxylation is 4. The van der Waals surface area contributed by atoms with Crippen molar-refractivity contribution in [2.24, 2.45) is 5.41 Å². The minimum absolute atomic E-state index is 0.0243. The van der Waals surface area contributed by atoms with Crippen LogP contribution in [-0.4, -0.2) is 121 Å². The first-order chi connectivity index (χ1) is 36.3. The molecule has 7 rings (SSSR count). The molecule has 2 saturated heterocycles. The molecule has 0 unspecified atom stereocenters. The van der Waals surface area contributed by atoms with E-state index in [9.17, 15) is 29.1 Å². The Balaban J connectivity index is 0.874. The van der Waals surface area contributed by atoms with E-state index in [-0.39, 0.29) is 68.8 Å². The van der Waals surface area contributed by atoms with Gasteiger partial charge in [0.2, 0.25) is 17.7 Å². The van der Waals surface area contributed by atoms with E-state index in [4.69, 9.17) is 14.2 Å². The lowest BCUT2D eigenvalue weighted by molar-refractivity contribution is -0.144. The number of carbonyl (C=O) groups excluding carboxylic acids is 4. The second kappa shape index (κ2) is 26.2. The number of anilines is 1. The number of ether oxygens (including phenoxy) is 3. The lowest BCUT2D eigenvalue weighted by atomic mass is 9.85. The Hall–Kier alpha value is -6.24. The molecule has 0 saturated carbocycles. The number of H-pyrrole nitrogens is 1. The summed E-state index contributed by atoms with van der Waals surface area (Å²) in [7, 11) is 0. The molecule has 2 fully saturated rings. The number of aliphatic hydroxyl groups excluding tert-OH is 1. The van der Waals surface area contributed by atoms with Crippen LogP contribution in [0.3, 0.4) is 0 Å². The predicted molar refractivity (Wildman–Crippen MR) is 297 cm³/mol. The number of hydrogen-bond acceptors (Lipinski definition) is 12. The van der Waals surface area contributed by atoms with Crippen LogP contribution in [0.4, 0.5) is 5.69 Å². The van der Waals surface area contributed by atoms with E-state index in [1.165, 1.54) is 4.90 Å².